The fourth-order valence-electron chi connectivity index (χ4n) is 1.03. The average molecular weight is 227 g/mol. The van der Waals surface area contributed by atoms with Gasteiger partial charge in [-0.05, 0) is 5.92 Å². The molecule has 0 radical (unpaired) electrons. The van der Waals surface area contributed by atoms with E-state index in [-0.39, 0.29) is 5.06 Å². The summed E-state index contributed by atoms with van der Waals surface area (Å²) in [5.41, 5.74) is 0. The Morgan fingerprint density at radius 2 is 1.86 bits per heavy atom. The molecule has 0 bridgehead atoms. The topological polar surface area (TPSA) is 118 Å². The molecule has 0 unspecified atom stereocenters. The van der Waals surface area contributed by atoms with Crippen LogP contribution >= 0.6 is 7.60 Å². The van der Waals surface area contributed by atoms with Crippen molar-refractivity contribution in [1.29, 1.82) is 0 Å². The van der Waals surface area contributed by atoms with Crippen LogP contribution in [0.15, 0.2) is 0 Å². The van der Waals surface area contributed by atoms with Crippen LogP contribution in [-0.2, 0) is 9.36 Å². The zero-order chi connectivity index (χ0) is 11.5. The lowest BCUT2D eigenvalue weighted by molar-refractivity contribution is -0.170. The van der Waals surface area contributed by atoms with E-state index in [0.29, 0.717) is 0 Å². The van der Waals surface area contributed by atoms with Gasteiger partial charge in [-0.3, -0.25) is 9.36 Å². The number of rotatable bonds is 5. The third-order valence-corrected chi connectivity index (χ3v) is 2.19. The standard InChI is InChI=1S/C6H14NO6P/c1-4(2)5(6(8)9)7(10)3-14(11,12)13/h4-5,10H,3H2,1-2H3,(H,8,9)(H2,11,12,13)/t5-/m0/s1. The number of hydrogen-bond donors (Lipinski definition) is 4. The van der Waals surface area contributed by atoms with Gasteiger partial charge >= 0.3 is 13.6 Å². The molecule has 0 aromatic heterocycles. The van der Waals surface area contributed by atoms with Gasteiger partial charge in [-0.15, -0.1) is 0 Å². The van der Waals surface area contributed by atoms with Crippen LogP contribution in [0.2, 0.25) is 0 Å². The Morgan fingerprint density at radius 3 is 2.07 bits per heavy atom. The van der Waals surface area contributed by atoms with E-state index in [9.17, 15) is 9.36 Å². The lowest BCUT2D eigenvalue weighted by Gasteiger charge is -2.25. The molecule has 0 amide bonds. The average Bonchev–Trinajstić information content (AvgIpc) is 1.78. The molecular weight excluding hydrogens is 213 g/mol. The summed E-state index contributed by atoms with van der Waals surface area (Å²) in [6, 6.07) is -1.32. The van der Waals surface area contributed by atoms with Crippen LogP contribution in [0.25, 0.3) is 0 Å². The monoisotopic (exact) mass is 227 g/mol. The summed E-state index contributed by atoms with van der Waals surface area (Å²) in [6.07, 6.45) is -0.984. The van der Waals surface area contributed by atoms with Crippen LogP contribution in [0.3, 0.4) is 0 Å². The Hall–Kier alpha value is -0.460. The van der Waals surface area contributed by atoms with Crippen molar-refractivity contribution in [3.05, 3.63) is 0 Å². The summed E-state index contributed by atoms with van der Waals surface area (Å²) >= 11 is 0. The largest absolute Gasteiger partial charge is 0.480 e. The number of carboxylic acid groups (broad SMARTS) is 1. The molecule has 0 saturated heterocycles. The fourth-order valence-corrected chi connectivity index (χ4v) is 1.59. The summed E-state index contributed by atoms with van der Waals surface area (Å²) in [4.78, 5) is 27.6. The molecule has 0 aliphatic heterocycles. The molecule has 4 N–H and O–H groups in total. The molecule has 14 heavy (non-hydrogen) atoms. The van der Waals surface area contributed by atoms with Gasteiger partial charge in [0, 0.05) is 0 Å². The van der Waals surface area contributed by atoms with Crippen LogP contribution in [0.1, 0.15) is 13.8 Å². The van der Waals surface area contributed by atoms with Crippen LogP contribution in [0.5, 0.6) is 0 Å². The maximum absolute atomic E-state index is 10.6. The van der Waals surface area contributed by atoms with Crippen LogP contribution in [-0.4, -0.2) is 43.5 Å². The number of carboxylic acids is 1. The molecule has 84 valence electrons. The van der Waals surface area contributed by atoms with Gasteiger partial charge in [-0.25, -0.2) is 0 Å². The van der Waals surface area contributed by atoms with Gasteiger partial charge in [0.25, 0.3) is 0 Å². The van der Waals surface area contributed by atoms with Crippen molar-refractivity contribution in [3.63, 3.8) is 0 Å². The second-order valence-electron chi connectivity index (χ2n) is 3.27. The number of hydrogen-bond acceptors (Lipinski definition) is 4. The maximum atomic E-state index is 10.6. The third kappa shape index (κ3) is 4.69. The van der Waals surface area contributed by atoms with E-state index in [0.717, 1.165) is 0 Å². The SMILES string of the molecule is CC(C)[C@@H](C(=O)O)N(O)CP(=O)(O)O. The van der Waals surface area contributed by atoms with E-state index in [1.165, 1.54) is 13.8 Å². The summed E-state index contributed by atoms with van der Waals surface area (Å²) < 4.78 is 10.5. The molecule has 0 aromatic rings. The Morgan fingerprint density at radius 1 is 1.43 bits per heavy atom. The van der Waals surface area contributed by atoms with E-state index in [4.69, 9.17) is 20.1 Å². The minimum Gasteiger partial charge on any atom is -0.480 e. The van der Waals surface area contributed by atoms with Crippen molar-refractivity contribution in [1.82, 2.24) is 5.06 Å². The highest BCUT2D eigenvalue weighted by molar-refractivity contribution is 7.51. The number of aliphatic carboxylic acids is 1. The summed E-state index contributed by atoms with van der Waals surface area (Å²) in [7, 11) is -4.44. The Labute approximate surface area is 81.1 Å². The molecule has 1 atom stereocenters. The highest BCUT2D eigenvalue weighted by atomic mass is 31.2. The minimum absolute atomic E-state index is 0.160. The van der Waals surface area contributed by atoms with E-state index < -0.39 is 31.8 Å². The normalized spacial score (nSPS) is 14.8. The summed E-state index contributed by atoms with van der Waals surface area (Å²) in [6.45, 7) is 3.06. The predicted octanol–water partition coefficient (Wildman–Crippen LogP) is -0.0780. The maximum Gasteiger partial charge on any atom is 0.341 e. The van der Waals surface area contributed by atoms with Gasteiger partial charge in [0.05, 0.1) is 0 Å². The quantitative estimate of drug-likeness (QED) is 0.383. The zero-order valence-corrected chi connectivity index (χ0v) is 8.76. The molecule has 0 spiro atoms. The molecule has 8 heteroatoms. The van der Waals surface area contributed by atoms with Crippen molar-refractivity contribution in [3.8, 4) is 0 Å². The predicted molar refractivity (Wildman–Crippen MR) is 46.8 cm³/mol. The number of hydroxylamine groups is 2. The van der Waals surface area contributed by atoms with Gasteiger partial charge in [0.1, 0.15) is 12.3 Å². The molecule has 0 saturated carbocycles. The first-order valence-electron chi connectivity index (χ1n) is 3.88. The summed E-state index contributed by atoms with van der Waals surface area (Å²) in [5, 5.41) is 18.0. The third-order valence-electron chi connectivity index (χ3n) is 1.53. The van der Waals surface area contributed by atoms with E-state index in [1.54, 1.807) is 0 Å². The van der Waals surface area contributed by atoms with Gasteiger partial charge in [0.15, 0.2) is 0 Å². The van der Waals surface area contributed by atoms with Gasteiger partial charge < -0.3 is 20.1 Å². The van der Waals surface area contributed by atoms with E-state index in [1.807, 2.05) is 0 Å². The van der Waals surface area contributed by atoms with Crippen molar-refractivity contribution < 1.29 is 29.5 Å². The van der Waals surface area contributed by atoms with E-state index in [2.05, 4.69) is 0 Å². The zero-order valence-electron chi connectivity index (χ0n) is 7.86. The highest BCUT2D eigenvalue weighted by Gasteiger charge is 2.31. The first kappa shape index (κ1) is 13.5. The van der Waals surface area contributed by atoms with Crippen LogP contribution in [0, 0.1) is 5.92 Å². The van der Waals surface area contributed by atoms with Gasteiger partial charge in [0.2, 0.25) is 0 Å². The second-order valence-corrected chi connectivity index (χ2v) is 4.88. The molecule has 0 aliphatic rings. The molecular formula is C6H14NO6P. The lowest BCUT2D eigenvalue weighted by atomic mass is 10.1. The molecule has 0 aromatic carbocycles. The van der Waals surface area contributed by atoms with Crippen molar-refractivity contribution >= 4 is 13.6 Å². The second kappa shape index (κ2) is 4.86. The fraction of sp³-hybridized carbons (Fsp3) is 0.833. The first-order valence-corrected chi connectivity index (χ1v) is 5.68. The van der Waals surface area contributed by atoms with Crippen LogP contribution in [0.4, 0.5) is 0 Å². The smallest absolute Gasteiger partial charge is 0.341 e. The molecule has 0 rings (SSSR count). The Kier molecular flexibility index (Phi) is 4.70. The lowest BCUT2D eigenvalue weighted by Crippen LogP contribution is -2.43. The first-order chi connectivity index (χ1) is 6.15. The van der Waals surface area contributed by atoms with Crippen molar-refractivity contribution in [2.75, 3.05) is 6.29 Å². The summed E-state index contributed by atoms with van der Waals surface area (Å²) in [5.74, 6) is -1.78. The molecule has 0 heterocycles. The van der Waals surface area contributed by atoms with Gasteiger partial charge in [-0.2, -0.15) is 5.06 Å². The molecule has 7 nitrogen and oxygen atoms in total. The van der Waals surface area contributed by atoms with Crippen molar-refractivity contribution in [2.45, 2.75) is 19.9 Å². The minimum atomic E-state index is -4.44. The van der Waals surface area contributed by atoms with E-state index >= 15 is 0 Å². The number of nitrogens with zero attached hydrogens (tertiary/aromatic N) is 1. The Balaban J connectivity index is 4.54. The number of carbonyl (C=O) groups is 1. The van der Waals surface area contributed by atoms with Gasteiger partial charge in [-0.1, -0.05) is 13.8 Å². The Bertz CT molecular complexity index is 249. The molecule has 0 aliphatic carbocycles. The van der Waals surface area contributed by atoms with Crippen molar-refractivity contribution in [2.24, 2.45) is 5.92 Å². The van der Waals surface area contributed by atoms with Crippen LogP contribution < -0.4 is 0 Å². The molecule has 0 fully saturated rings. The highest BCUT2D eigenvalue weighted by Crippen LogP contribution is 2.35.